The van der Waals surface area contributed by atoms with E-state index in [0.29, 0.717) is 0 Å². The molecule has 0 spiro atoms. The Kier molecular flexibility index (Phi) is 3.19. The summed E-state index contributed by atoms with van der Waals surface area (Å²) in [6.07, 6.45) is 5.63. The van der Waals surface area contributed by atoms with Gasteiger partial charge in [-0.3, -0.25) is 4.90 Å². The SMILES string of the molecule is CC1CCC=CN1C(=O)OC(C)(C)C. The fourth-order valence-electron chi connectivity index (χ4n) is 1.37. The largest absolute Gasteiger partial charge is 0.443 e. The van der Waals surface area contributed by atoms with Gasteiger partial charge in [-0.15, -0.1) is 0 Å². The number of hydrogen-bond donors (Lipinski definition) is 0. The van der Waals surface area contributed by atoms with Gasteiger partial charge in [0.05, 0.1) is 0 Å². The standard InChI is InChI=1S/C11H19NO2/c1-9-7-5-6-8-12(9)10(13)14-11(2,3)4/h6,8-9H,5,7H2,1-4H3. The molecule has 1 amide bonds. The summed E-state index contributed by atoms with van der Waals surface area (Å²) in [5.74, 6) is 0. The molecular weight excluding hydrogens is 178 g/mol. The Labute approximate surface area is 85.7 Å². The second-order valence-corrected chi connectivity index (χ2v) is 4.70. The van der Waals surface area contributed by atoms with E-state index in [2.05, 4.69) is 0 Å². The quantitative estimate of drug-likeness (QED) is 0.597. The van der Waals surface area contributed by atoms with E-state index in [1.165, 1.54) is 0 Å². The summed E-state index contributed by atoms with van der Waals surface area (Å²) in [6, 6.07) is 0.245. The van der Waals surface area contributed by atoms with Gasteiger partial charge in [-0.1, -0.05) is 6.08 Å². The maximum Gasteiger partial charge on any atom is 0.414 e. The second-order valence-electron chi connectivity index (χ2n) is 4.70. The van der Waals surface area contributed by atoms with Crippen molar-refractivity contribution in [2.45, 2.75) is 52.2 Å². The van der Waals surface area contributed by atoms with Crippen LogP contribution in [-0.2, 0) is 4.74 Å². The molecule has 1 aliphatic rings. The molecule has 0 bridgehead atoms. The van der Waals surface area contributed by atoms with Crippen molar-refractivity contribution in [2.75, 3.05) is 0 Å². The number of hydrogen-bond acceptors (Lipinski definition) is 2. The lowest BCUT2D eigenvalue weighted by Crippen LogP contribution is -2.39. The van der Waals surface area contributed by atoms with Gasteiger partial charge in [0.15, 0.2) is 0 Å². The fourth-order valence-corrected chi connectivity index (χ4v) is 1.37. The van der Waals surface area contributed by atoms with Gasteiger partial charge in [-0.2, -0.15) is 0 Å². The Hall–Kier alpha value is -0.990. The molecule has 0 radical (unpaired) electrons. The van der Waals surface area contributed by atoms with Crippen molar-refractivity contribution in [3.63, 3.8) is 0 Å². The van der Waals surface area contributed by atoms with E-state index in [9.17, 15) is 4.79 Å². The van der Waals surface area contributed by atoms with Gasteiger partial charge >= 0.3 is 6.09 Å². The van der Waals surface area contributed by atoms with Gasteiger partial charge in [-0.25, -0.2) is 4.79 Å². The molecule has 1 aliphatic heterocycles. The fraction of sp³-hybridized carbons (Fsp3) is 0.727. The van der Waals surface area contributed by atoms with Crippen LogP contribution in [0.2, 0.25) is 0 Å². The molecule has 0 saturated heterocycles. The van der Waals surface area contributed by atoms with Crippen LogP contribution in [-0.4, -0.2) is 22.6 Å². The van der Waals surface area contributed by atoms with Crippen LogP contribution in [0.4, 0.5) is 4.79 Å². The number of allylic oxidation sites excluding steroid dienone is 1. The summed E-state index contributed by atoms with van der Waals surface area (Å²) >= 11 is 0. The molecule has 3 nitrogen and oxygen atoms in total. The minimum absolute atomic E-state index is 0.245. The summed E-state index contributed by atoms with van der Waals surface area (Å²) in [4.78, 5) is 13.3. The van der Waals surface area contributed by atoms with E-state index >= 15 is 0 Å². The third-order valence-electron chi connectivity index (χ3n) is 2.10. The molecule has 0 aromatic carbocycles. The molecule has 1 atom stereocenters. The smallest absolute Gasteiger partial charge is 0.414 e. The van der Waals surface area contributed by atoms with Gasteiger partial charge in [0, 0.05) is 12.2 Å². The number of rotatable bonds is 0. The molecule has 0 N–H and O–H groups in total. The van der Waals surface area contributed by atoms with E-state index in [0.717, 1.165) is 12.8 Å². The lowest BCUT2D eigenvalue weighted by atomic mass is 10.1. The molecule has 0 aliphatic carbocycles. The minimum atomic E-state index is -0.415. The highest BCUT2D eigenvalue weighted by atomic mass is 16.6. The Morgan fingerprint density at radius 1 is 1.50 bits per heavy atom. The first-order chi connectivity index (χ1) is 6.40. The normalized spacial score (nSPS) is 22.3. The molecule has 14 heavy (non-hydrogen) atoms. The Morgan fingerprint density at radius 3 is 2.64 bits per heavy atom. The molecule has 0 saturated carbocycles. The first-order valence-corrected chi connectivity index (χ1v) is 5.08. The highest BCUT2D eigenvalue weighted by molar-refractivity contribution is 5.70. The van der Waals surface area contributed by atoms with Crippen LogP contribution in [0.3, 0.4) is 0 Å². The number of amides is 1. The predicted molar refractivity (Wildman–Crippen MR) is 55.9 cm³/mol. The topological polar surface area (TPSA) is 29.5 Å². The van der Waals surface area contributed by atoms with E-state index in [4.69, 9.17) is 4.74 Å². The predicted octanol–water partition coefficient (Wildman–Crippen LogP) is 2.92. The number of carbonyl (C=O) groups is 1. The zero-order valence-corrected chi connectivity index (χ0v) is 9.41. The Bertz CT molecular complexity index is 240. The lowest BCUT2D eigenvalue weighted by molar-refractivity contribution is 0.0265. The molecule has 1 heterocycles. The Balaban J connectivity index is 2.60. The first kappa shape index (κ1) is 11.1. The molecule has 0 aromatic rings. The van der Waals surface area contributed by atoms with Crippen LogP contribution in [0.1, 0.15) is 40.5 Å². The second kappa shape index (κ2) is 4.03. The number of nitrogens with zero attached hydrogens (tertiary/aromatic N) is 1. The van der Waals surface area contributed by atoms with Gasteiger partial charge in [0.2, 0.25) is 0 Å². The van der Waals surface area contributed by atoms with Crippen LogP contribution in [0.5, 0.6) is 0 Å². The van der Waals surface area contributed by atoms with E-state index < -0.39 is 5.60 Å². The summed E-state index contributed by atoms with van der Waals surface area (Å²) in [5, 5.41) is 0. The molecule has 1 unspecified atom stereocenters. The minimum Gasteiger partial charge on any atom is -0.443 e. The molecule has 3 heteroatoms. The number of carbonyl (C=O) groups excluding carboxylic acids is 1. The van der Waals surface area contributed by atoms with E-state index in [1.807, 2.05) is 40.0 Å². The van der Waals surface area contributed by atoms with Gasteiger partial charge in [0.25, 0.3) is 0 Å². The third kappa shape index (κ3) is 3.05. The maximum absolute atomic E-state index is 11.7. The molecule has 1 rings (SSSR count). The number of ether oxygens (including phenoxy) is 1. The summed E-state index contributed by atoms with van der Waals surface area (Å²) < 4.78 is 5.28. The van der Waals surface area contributed by atoms with Crippen molar-refractivity contribution in [3.8, 4) is 0 Å². The molecule has 0 fully saturated rings. The van der Waals surface area contributed by atoms with Gasteiger partial charge in [0.1, 0.15) is 5.60 Å². The van der Waals surface area contributed by atoms with Gasteiger partial charge in [-0.05, 0) is 40.5 Å². The molecule has 80 valence electrons. The summed E-state index contributed by atoms with van der Waals surface area (Å²) in [5.41, 5.74) is -0.415. The summed E-state index contributed by atoms with van der Waals surface area (Å²) in [6.45, 7) is 7.67. The van der Waals surface area contributed by atoms with Crippen molar-refractivity contribution in [2.24, 2.45) is 0 Å². The summed E-state index contributed by atoms with van der Waals surface area (Å²) in [7, 11) is 0. The van der Waals surface area contributed by atoms with Crippen molar-refractivity contribution < 1.29 is 9.53 Å². The molecular formula is C11H19NO2. The van der Waals surface area contributed by atoms with Gasteiger partial charge < -0.3 is 4.74 Å². The van der Waals surface area contributed by atoms with Crippen LogP contribution >= 0.6 is 0 Å². The molecule has 0 aromatic heterocycles. The average molecular weight is 197 g/mol. The van der Waals surface area contributed by atoms with Crippen molar-refractivity contribution in [1.29, 1.82) is 0 Å². The van der Waals surface area contributed by atoms with Crippen LogP contribution in [0.15, 0.2) is 12.3 Å². The zero-order valence-electron chi connectivity index (χ0n) is 9.41. The van der Waals surface area contributed by atoms with Crippen molar-refractivity contribution >= 4 is 6.09 Å². The Morgan fingerprint density at radius 2 is 2.14 bits per heavy atom. The van der Waals surface area contributed by atoms with Crippen LogP contribution in [0, 0.1) is 0 Å². The highest BCUT2D eigenvalue weighted by Gasteiger charge is 2.25. The van der Waals surface area contributed by atoms with Crippen molar-refractivity contribution in [1.82, 2.24) is 4.90 Å². The zero-order chi connectivity index (χ0) is 10.8. The lowest BCUT2D eigenvalue weighted by Gasteiger charge is -2.31. The van der Waals surface area contributed by atoms with Crippen LogP contribution in [0.25, 0.3) is 0 Å². The maximum atomic E-state index is 11.7. The van der Waals surface area contributed by atoms with Crippen LogP contribution < -0.4 is 0 Å². The highest BCUT2D eigenvalue weighted by Crippen LogP contribution is 2.18. The van der Waals surface area contributed by atoms with Crippen molar-refractivity contribution in [3.05, 3.63) is 12.3 Å². The van der Waals surface area contributed by atoms with E-state index in [-0.39, 0.29) is 12.1 Å². The first-order valence-electron chi connectivity index (χ1n) is 5.08. The monoisotopic (exact) mass is 197 g/mol. The average Bonchev–Trinajstić information content (AvgIpc) is 2.01. The third-order valence-corrected chi connectivity index (χ3v) is 2.10. The van der Waals surface area contributed by atoms with E-state index in [1.54, 1.807) is 4.90 Å².